The van der Waals surface area contributed by atoms with Gasteiger partial charge < -0.3 is 14.5 Å². The number of carbonyl (C=O) groups excluding carboxylic acids is 2. The van der Waals surface area contributed by atoms with Crippen LogP contribution in [0.4, 0.5) is 0 Å². The van der Waals surface area contributed by atoms with Crippen molar-refractivity contribution >= 4 is 11.8 Å². The number of piperidine rings is 2. The SMILES string of the molecule is CC(C)(C)c1ccc(OCc2ccc(C(=O)N3CCC(C(=O)N4CCCCC4)CC3)cc2)cc1. The first-order valence-corrected chi connectivity index (χ1v) is 12.7. The van der Waals surface area contributed by atoms with Gasteiger partial charge in [0.1, 0.15) is 12.4 Å². The lowest BCUT2D eigenvalue weighted by Crippen LogP contribution is -2.45. The molecule has 0 unspecified atom stereocenters. The Kier molecular flexibility index (Phi) is 7.60. The second-order valence-corrected chi connectivity index (χ2v) is 10.7. The predicted octanol–water partition coefficient (Wildman–Crippen LogP) is 5.43. The predicted molar refractivity (Wildman–Crippen MR) is 135 cm³/mol. The summed E-state index contributed by atoms with van der Waals surface area (Å²) in [7, 11) is 0. The lowest BCUT2D eigenvalue weighted by molar-refractivity contribution is -0.137. The minimum Gasteiger partial charge on any atom is -0.489 e. The number of carbonyl (C=O) groups is 2. The molecule has 2 aliphatic heterocycles. The van der Waals surface area contributed by atoms with E-state index in [-0.39, 0.29) is 17.2 Å². The fourth-order valence-electron chi connectivity index (χ4n) is 4.85. The summed E-state index contributed by atoms with van der Waals surface area (Å²) in [4.78, 5) is 29.7. The van der Waals surface area contributed by atoms with Gasteiger partial charge in [-0.05, 0) is 72.9 Å². The molecule has 2 heterocycles. The highest BCUT2D eigenvalue weighted by molar-refractivity contribution is 5.94. The van der Waals surface area contributed by atoms with Crippen LogP contribution in [0.1, 0.15) is 74.4 Å². The molecule has 182 valence electrons. The molecule has 2 amide bonds. The van der Waals surface area contributed by atoms with Crippen molar-refractivity contribution in [1.82, 2.24) is 9.80 Å². The zero-order valence-corrected chi connectivity index (χ0v) is 20.9. The third-order valence-electron chi connectivity index (χ3n) is 7.13. The molecular formula is C29H38N2O3. The number of amides is 2. The van der Waals surface area contributed by atoms with Crippen molar-refractivity contribution in [1.29, 1.82) is 0 Å². The van der Waals surface area contributed by atoms with Crippen molar-refractivity contribution in [2.75, 3.05) is 26.2 Å². The number of nitrogens with zero attached hydrogens (tertiary/aromatic N) is 2. The molecule has 2 aromatic rings. The van der Waals surface area contributed by atoms with Crippen molar-refractivity contribution in [3.05, 3.63) is 65.2 Å². The first kappa shape index (κ1) is 24.3. The molecule has 2 aliphatic rings. The third kappa shape index (κ3) is 5.99. The van der Waals surface area contributed by atoms with Crippen LogP contribution in [0.15, 0.2) is 48.5 Å². The molecule has 5 nitrogen and oxygen atoms in total. The third-order valence-corrected chi connectivity index (χ3v) is 7.13. The van der Waals surface area contributed by atoms with Gasteiger partial charge in [-0.25, -0.2) is 0 Å². The van der Waals surface area contributed by atoms with Crippen LogP contribution >= 0.6 is 0 Å². The first-order valence-electron chi connectivity index (χ1n) is 12.7. The summed E-state index contributed by atoms with van der Waals surface area (Å²) in [5.74, 6) is 1.26. The standard InChI is InChI=1S/C29H38N2O3/c1-29(2,3)25-11-13-26(14-12-25)34-21-22-7-9-23(10-8-22)27(32)31-19-15-24(16-20-31)28(33)30-17-5-4-6-18-30/h7-14,24H,4-6,15-21H2,1-3H3. The van der Waals surface area contributed by atoms with E-state index in [1.165, 1.54) is 12.0 Å². The van der Waals surface area contributed by atoms with E-state index in [9.17, 15) is 9.59 Å². The van der Waals surface area contributed by atoms with Crippen LogP contribution in [0.25, 0.3) is 0 Å². The summed E-state index contributed by atoms with van der Waals surface area (Å²) in [5.41, 5.74) is 3.13. The summed E-state index contributed by atoms with van der Waals surface area (Å²) in [6.07, 6.45) is 5.00. The van der Waals surface area contributed by atoms with E-state index >= 15 is 0 Å². The zero-order valence-electron chi connectivity index (χ0n) is 20.9. The highest BCUT2D eigenvalue weighted by atomic mass is 16.5. The van der Waals surface area contributed by atoms with Gasteiger partial charge in [0.2, 0.25) is 5.91 Å². The second-order valence-electron chi connectivity index (χ2n) is 10.7. The van der Waals surface area contributed by atoms with Crippen LogP contribution in [0.5, 0.6) is 5.75 Å². The summed E-state index contributed by atoms with van der Waals surface area (Å²) < 4.78 is 5.93. The lowest BCUT2D eigenvalue weighted by atomic mass is 9.87. The van der Waals surface area contributed by atoms with Gasteiger partial charge in [0.25, 0.3) is 5.91 Å². The maximum Gasteiger partial charge on any atom is 0.253 e. The quantitative estimate of drug-likeness (QED) is 0.596. The van der Waals surface area contributed by atoms with Gasteiger partial charge in [0.15, 0.2) is 0 Å². The topological polar surface area (TPSA) is 49.9 Å². The van der Waals surface area contributed by atoms with Crippen LogP contribution in [0, 0.1) is 5.92 Å². The van der Waals surface area contributed by atoms with E-state index in [2.05, 4.69) is 32.9 Å². The summed E-state index contributed by atoms with van der Waals surface area (Å²) in [5, 5.41) is 0. The molecule has 0 N–H and O–H groups in total. The van der Waals surface area contributed by atoms with Crippen LogP contribution in [-0.4, -0.2) is 47.8 Å². The summed E-state index contributed by atoms with van der Waals surface area (Å²) in [6.45, 7) is 10.2. The highest BCUT2D eigenvalue weighted by Crippen LogP contribution is 2.25. The molecule has 0 aliphatic carbocycles. The zero-order chi connectivity index (χ0) is 24.1. The lowest BCUT2D eigenvalue weighted by Gasteiger charge is -2.35. The normalized spacial score (nSPS) is 17.5. The molecule has 0 aromatic heterocycles. The van der Waals surface area contributed by atoms with Gasteiger partial charge in [-0.15, -0.1) is 0 Å². The van der Waals surface area contributed by atoms with Gasteiger partial charge in [-0.1, -0.05) is 45.0 Å². The van der Waals surface area contributed by atoms with Crippen LogP contribution < -0.4 is 4.74 Å². The number of hydrogen-bond donors (Lipinski definition) is 0. The van der Waals surface area contributed by atoms with Crippen molar-refractivity contribution in [3.63, 3.8) is 0 Å². The Bertz CT molecular complexity index is 962. The van der Waals surface area contributed by atoms with Gasteiger partial charge >= 0.3 is 0 Å². The minimum atomic E-state index is 0.0501. The van der Waals surface area contributed by atoms with E-state index in [1.54, 1.807) is 0 Å². The average molecular weight is 463 g/mol. The van der Waals surface area contributed by atoms with E-state index in [0.29, 0.717) is 31.2 Å². The maximum atomic E-state index is 13.0. The molecule has 4 rings (SSSR count). The van der Waals surface area contributed by atoms with Crippen molar-refractivity contribution < 1.29 is 14.3 Å². The van der Waals surface area contributed by atoms with Crippen molar-refractivity contribution in [2.24, 2.45) is 5.92 Å². The fraction of sp³-hybridized carbons (Fsp3) is 0.517. The van der Waals surface area contributed by atoms with E-state index in [1.807, 2.05) is 46.2 Å². The van der Waals surface area contributed by atoms with Crippen molar-refractivity contribution in [3.8, 4) is 5.75 Å². The number of ether oxygens (including phenoxy) is 1. The molecule has 34 heavy (non-hydrogen) atoms. The minimum absolute atomic E-state index is 0.0501. The molecule has 0 radical (unpaired) electrons. The first-order chi connectivity index (χ1) is 16.3. The van der Waals surface area contributed by atoms with Crippen molar-refractivity contribution in [2.45, 2.75) is 64.9 Å². The Hall–Kier alpha value is -2.82. The highest BCUT2D eigenvalue weighted by Gasteiger charge is 2.31. The molecular weight excluding hydrogens is 424 g/mol. The molecule has 0 spiro atoms. The van der Waals surface area contributed by atoms with Gasteiger partial charge in [-0.3, -0.25) is 9.59 Å². The number of rotatable bonds is 5. The summed E-state index contributed by atoms with van der Waals surface area (Å²) >= 11 is 0. The van der Waals surface area contributed by atoms with E-state index in [0.717, 1.165) is 50.1 Å². The van der Waals surface area contributed by atoms with E-state index in [4.69, 9.17) is 4.74 Å². The molecule has 5 heteroatoms. The number of benzene rings is 2. The maximum absolute atomic E-state index is 13.0. The fourth-order valence-corrected chi connectivity index (χ4v) is 4.85. The van der Waals surface area contributed by atoms with Crippen LogP contribution in [-0.2, 0) is 16.8 Å². The van der Waals surface area contributed by atoms with Crippen LogP contribution in [0.2, 0.25) is 0 Å². The molecule has 2 fully saturated rings. The van der Waals surface area contributed by atoms with Gasteiger partial charge in [-0.2, -0.15) is 0 Å². The summed E-state index contributed by atoms with van der Waals surface area (Å²) in [6, 6.07) is 15.9. The van der Waals surface area contributed by atoms with Gasteiger partial charge in [0.05, 0.1) is 0 Å². The average Bonchev–Trinajstić information content (AvgIpc) is 2.87. The smallest absolute Gasteiger partial charge is 0.253 e. The Labute approximate surface area is 204 Å². The van der Waals surface area contributed by atoms with Crippen LogP contribution in [0.3, 0.4) is 0 Å². The Morgan fingerprint density at radius 1 is 0.824 bits per heavy atom. The van der Waals surface area contributed by atoms with E-state index < -0.39 is 0 Å². The molecule has 0 saturated carbocycles. The number of likely N-dealkylation sites (tertiary alicyclic amines) is 2. The Balaban J connectivity index is 1.26. The monoisotopic (exact) mass is 462 g/mol. The second kappa shape index (κ2) is 10.6. The molecule has 0 bridgehead atoms. The van der Waals surface area contributed by atoms with Gasteiger partial charge in [0, 0.05) is 37.7 Å². The Morgan fingerprint density at radius 2 is 1.44 bits per heavy atom. The molecule has 2 aromatic carbocycles. The molecule has 2 saturated heterocycles. The largest absolute Gasteiger partial charge is 0.489 e. The number of hydrogen-bond acceptors (Lipinski definition) is 3. The molecule has 0 atom stereocenters. The Morgan fingerprint density at radius 3 is 2.03 bits per heavy atom.